The van der Waals surface area contributed by atoms with Gasteiger partial charge in [-0.1, -0.05) is 32.9 Å². The molecule has 0 bridgehead atoms. The Bertz CT molecular complexity index is 1370. The summed E-state index contributed by atoms with van der Waals surface area (Å²) in [6.07, 6.45) is 1.70. The number of methoxy groups -OCH3 is 1. The van der Waals surface area contributed by atoms with Gasteiger partial charge in [0.2, 0.25) is 5.91 Å². The molecule has 0 aliphatic rings. The van der Waals surface area contributed by atoms with Gasteiger partial charge in [0.15, 0.2) is 0 Å². The lowest BCUT2D eigenvalue weighted by atomic mass is 9.86. The van der Waals surface area contributed by atoms with Crippen LogP contribution < -0.4 is 15.7 Å². The minimum atomic E-state index is -0.506. The molecule has 0 fully saturated rings. The average molecular weight is 434 g/mol. The van der Waals surface area contributed by atoms with Crippen LogP contribution in [0.2, 0.25) is 0 Å². The first-order valence-electron chi connectivity index (χ1n) is 10.5. The van der Waals surface area contributed by atoms with Crippen LogP contribution in [-0.4, -0.2) is 13.0 Å². The average Bonchev–Trinajstić information content (AvgIpc) is 3.17. The van der Waals surface area contributed by atoms with Crippen LogP contribution in [-0.2, 0) is 23.2 Å². The van der Waals surface area contributed by atoms with E-state index in [0.29, 0.717) is 23.3 Å². The fourth-order valence-electron chi connectivity index (χ4n) is 3.90. The van der Waals surface area contributed by atoms with Gasteiger partial charge in [-0.3, -0.25) is 4.79 Å². The fourth-order valence-corrected chi connectivity index (χ4v) is 3.90. The van der Waals surface area contributed by atoms with Gasteiger partial charge >= 0.3 is 5.63 Å². The molecule has 0 radical (unpaired) electrons. The van der Waals surface area contributed by atoms with Crippen LogP contribution >= 0.6 is 0 Å². The van der Waals surface area contributed by atoms with Crippen LogP contribution in [0, 0.1) is 6.92 Å². The molecular weight excluding hydrogens is 406 g/mol. The SMILES string of the molecule is COc1cccc(CNC(=O)Cc2c(C)c3cc4c(C(C)(C)C)coc4cc3oc2=O)c1. The van der Waals surface area contributed by atoms with Crippen molar-refractivity contribution in [3.8, 4) is 5.75 Å². The third-order valence-electron chi connectivity index (χ3n) is 5.75. The topological polar surface area (TPSA) is 81.7 Å². The molecule has 2 aromatic carbocycles. The molecule has 4 aromatic rings. The smallest absolute Gasteiger partial charge is 0.340 e. The van der Waals surface area contributed by atoms with Gasteiger partial charge < -0.3 is 18.9 Å². The number of ether oxygens (including phenoxy) is 1. The molecule has 0 saturated heterocycles. The van der Waals surface area contributed by atoms with Crippen molar-refractivity contribution in [2.24, 2.45) is 0 Å². The maximum Gasteiger partial charge on any atom is 0.340 e. The standard InChI is InChI=1S/C26H27NO5/c1-15-18-10-20-21(26(2,3)4)14-31-22(20)12-23(18)32-25(29)19(15)11-24(28)27-13-16-7-6-8-17(9-16)30-5/h6-10,12,14H,11,13H2,1-5H3,(H,27,28). The van der Waals surface area contributed by atoms with Crippen molar-refractivity contribution < 1.29 is 18.4 Å². The Balaban J connectivity index is 1.63. The lowest BCUT2D eigenvalue weighted by Crippen LogP contribution is -2.27. The molecule has 0 aliphatic carbocycles. The zero-order valence-electron chi connectivity index (χ0n) is 19.0. The molecule has 0 unspecified atom stereocenters. The number of fused-ring (bicyclic) bond motifs is 2. The third kappa shape index (κ3) is 4.13. The normalized spacial score (nSPS) is 11.8. The van der Waals surface area contributed by atoms with E-state index in [1.807, 2.05) is 37.3 Å². The first-order chi connectivity index (χ1) is 15.2. The van der Waals surface area contributed by atoms with E-state index in [4.69, 9.17) is 13.6 Å². The van der Waals surface area contributed by atoms with Gasteiger partial charge in [-0.25, -0.2) is 4.79 Å². The number of hydrogen-bond acceptors (Lipinski definition) is 5. The molecular formula is C26H27NO5. The molecule has 2 aromatic heterocycles. The summed E-state index contributed by atoms with van der Waals surface area (Å²) in [5.41, 5.74) is 3.63. The maximum atomic E-state index is 12.7. The molecule has 32 heavy (non-hydrogen) atoms. The summed E-state index contributed by atoms with van der Waals surface area (Å²) in [5, 5.41) is 4.65. The Kier molecular flexibility index (Phi) is 5.55. The zero-order valence-corrected chi connectivity index (χ0v) is 19.0. The van der Waals surface area contributed by atoms with E-state index in [2.05, 4.69) is 26.1 Å². The molecule has 0 saturated carbocycles. The summed E-state index contributed by atoms with van der Waals surface area (Å²) in [7, 11) is 1.60. The van der Waals surface area contributed by atoms with Crippen molar-refractivity contribution in [1.82, 2.24) is 5.32 Å². The predicted molar refractivity (Wildman–Crippen MR) is 124 cm³/mol. The van der Waals surface area contributed by atoms with Crippen molar-refractivity contribution in [2.45, 2.75) is 46.1 Å². The lowest BCUT2D eigenvalue weighted by molar-refractivity contribution is -0.120. The largest absolute Gasteiger partial charge is 0.497 e. The minimum Gasteiger partial charge on any atom is -0.497 e. The number of rotatable bonds is 5. The Hall–Kier alpha value is -3.54. The molecule has 1 amide bonds. The molecule has 6 heteroatoms. The summed E-state index contributed by atoms with van der Waals surface area (Å²) >= 11 is 0. The van der Waals surface area contributed by atoms with Crippen LogP contribution in [0.3, 0.4) is 0 Å². The first kappa shape index (κ1) is 21.7. The third-order valence-corrected chi connectivity index (χ3v) is 5.75. The van der Waals surface area contributed by atoms with E-state index in [-0.39, 0.29) is 17.7 Å². The second kappa shape index (κ2) is 8.19. The van der Waals surface area contributed by atoms with Crippen LogP contribution in [0.25, 0.3) is 21.9 Å². The van der Waals surface area contributed by atoms with Gasteiger partial charge in [0.25, 0.3) is 0 Å². The van der Waals surface area contributed by atoms with Crippen LogP contribution in [0.4, 0.5) is 0 Å². The second-order valence-corrected chi connectivity index (χ2v) is 9.04. The van der Waals surface area contributed by atoms with Crippen molar-refractivity contribution >= 4 is 27.8 Å². The van der Waals surface area contributed by atoms with E-state index >= 15 is 0 Å². The van der Waals surface area contributed by atoms with Gasteiger partial charge in [-0.05, 0) is 41.7 Å². The van der Waals surface area contributed by atoms with Crippen molar-refractivity contribution in [1.29, 1.82) is 0 Å². The highest BCUT2D eigenvalue weighted by Crippen LogP contribution is 2.35. The van der Waals surface area contributed by atoms with Crippen LogP contribution in [0.1, 0.15) is 43.0 Å². The summed E-state index contributed by atoms with van der Waals surface area (Å²) in [6.45, 7) is 8.57. The number of benzene rings is 2. The Labute approximate surface area is 186 Å². The van der Waals surface area contributed by atoms with E-state index in [9.17, 15) is 9.59 Å². The molecule has 4 rings (SSSR count). The van der Waals surface area contributed by atoms with Crippen molar-refractivity contribution in [2.75, 3.05) is 7.11 Å². The minimum absolute atomic E-state index is 0.0520. The zero-order chi connectivity index (χ0) is 23.0. The maximum absolute atomic E-state index is 12.7. The second-order valence-electron chi connectivity index (χ2n) is 9.04. The van der Waals surface area contributed by atoms with Gasteiger partial charge in [0, 0.05) is 28.9 Å². The monoisotopic (exact) mass is 433 g/mol. The highest BCUT2D eigenvalue weighted by atomic mass is 16.5. The van der Waals surface area contributed by atoms with E-state index in [1.54, 1.807) is 19.4 Å². The number of furan rings is 1. The number of carbonyl (C=O) groups excluding carboxylic acids is 1. The van der Waals surface area contributed by atoms with E-state index < -0.39 is 5.63 Å². The van der Waals surface area contributed by atoms with Crippen LogP contribution in [0.15, 0.2) is 56.3 Å². The highest BCUT2D eigenvalue weighted by Gasteiger charge is 2.22. The summed E-state index contributed by atoms with van der Waals surface area (Å²) in [4.78, 5) is 25.3. The quantitative estimate of drug-likeness (QED) is 0.447. The summed E-state index contributed by atoms with van der Waals surface area (Å²) < 4.78 is 16.5. The summed E-state index contributed by atoms with van der Waals surface area (Å²) in [5.74, 6) is 0.477. The summed E-state index contributed by atoms with van der Waals surface area (Å²) in [6, 6.07) is 11.2. The molecule has 0 aliphatic heterocycles. The molecule has 0 atom stereocenters. The number of hydrogen-bond donors (Lipinski definition) is 1. The molecule has 2 heterocycles. The highest BCUT2D eigenvalue weighted by molar-refractivity contribution is 5.97. The molecule has 6 nitrogen and oxygen atoms in total. The van der Waals surface area contributed by atoms with Gasteiger partial charge in [0.1, 0.15) is 16.9 Å². The number of carbonyl (C=O) groups is 1. The van der Waals surface area contributed by atoms with Gasteiger partial charge in [-0.15, -0.1) is 0 Å². The van der Waals surface area contributed by atoms with Crippen LogP contribution in [0.5, 0.6) is 5.75 Å². The number of amides is 1. The number of aryl methyl sites for hydroxylation is 1. The van der Waals surface area contributed by atoms with Crippen molar-refractivity contribution in [3.05, 3.63) is 75.3 Å². The lowest BCUT2D eigenvalue weighted by Gasteiger charge is -2.16. The Morgan fingerprint density at radius 1 is 1.09 bits per heavy atom. The Morgan fingerprint density at radius 3 is 2.59 bits per heavy atom. The van der Waals surface area contributed by atoms with Crippen molar-refractivity contribution in [3.63, 3.8) is 0 Å². The predicted octanol–water partition coefficient (Wildman–Crippen LogP) is 5.01. The van der Waals surface area contributed by atoms with Gasteiger partial charge in [0.05, 0.1) is 25.4 Å². The number of nitrogens with one attached hydrogen (secondary N) is 1. The molecule has 166 valence electrons. The van der Waals surface area contributed by atoms with Gasteiger partial charge in [-0.2, -0.15) is 0 Å². The first-order valence-corrected chi connectivity index (χ1v) is 10.5. The fraction of sp³-hybridized carbons (Fsp3) is 0.308. The van der Waals surface area contributed by atoms with E-state index in [1.165, 1.54) is 0 Å². The van der Waals surface area contributed by atoms with E-state index in [0.717, 1.165) is 33.2 Å². The molecule has 0 spiro atoms. The molecule has 1 N–H and O–H groups in total. The Morgan fingerprint density at radius 2 is 1.88 bits per heavy atom.